The Morgan fingerprint density at radius 3 is 2.20 bits per heavy atom. The third kappa shape index (κ3) is 3.39. The largest absolute Gasteiger partial charge is 0.483 e. The molecule has 2 heterocycles. The minimum atomic E-state index is -5.09. The highest BCUT2D eigenvalue weighted by atomic mass is 32.2. The first-order valence-electron chi connectivity index (χ1n) is 7.83. The van der Waals surface area contributed by atoms with Gasteiger partial charge in [-0.3, -0.25) is 0 Å². The predicted molar refractivity (Wildman–Crippen MR) is 84.9 cm³/mol. The van der Waals surface area contributed by atoms with Crippen molar-refractivity contribution in [1.29, 1.82) is 4.78 Å². The lowest BCUT2D eigenvalue weighted by Gasteiger charge is -2.36. The summed E-state index contributed by atoms with van der Waals surface area (Å²) in [6, 6.07) is 5.23. The van der Waals surface area contributed by atoms with Gasteiger partial charge >= 0.3 is 11.6 Å². The number of rotatable bonds is 3. The smallest absolute Gasteiger partial charge is 0.448 e. The zero-order valence-corrected chi connectivity index (χ0v) is 14.1. The van der Waals surface area contributed by atoms with Gasteiger partial charge in [0.05, 0.1) is 11.4 Å². The Hall–Kier alpha value is -1.97. The number of benzene rings is 1. The van der Waals surface area contributed by atoms with Crippen molar-refractivity contribution in [3.8, 4) is 0 Å². The number of alkyl halides is 3. The maximum atomic E-state index is 12.7. The van der Waals surface area contributed by atoms with E-state index in [-0.39, 0.29) is 12.1 Å². The average Bonchev–Trinajstić information content (AvgIpc) is 3.00. The third-order valence-corrected chi connectivity index (χ3v) is 6.15. The highest BCUT2D eigenvalue weighted by molar-refractivity contribution is 7.93. The Morgan fingerprint density at radius 1 is 1.12 bits per heavy atom. The predicted octanol–water partition coefficient (Wildman–Crippen LogP) is 3.03. The van der Waals surface area contributed by atoms with Gasteiger partial charge in [0.1, 0.15) is 6.61 Å². The molecule has 1 aromatic carbocycles. The van der Waals surface area contributed by atoms with Crippen LogP contribution in [0.25, 0.3) is 0 Å². The first-order valence-corrected chi connectivity index (χ1v) is 9.39. The second-order valence-electron chi connectivity index (χ2n) is 6.02. The van der Waals surface area contributed by atoms with Gasteiger partial charge in [-0.25, -0.2) is 13.8 Å². The highest BCUT2D eigenvalue weighted by Gasteiger charge is 2.43. The standard InChI is InChI=1S/C15H18F3N3O3S/c16-15(17,18)25(19,23)13-3-1-11(2-4-13)20-7-5-12(6-8-20)21-9-10-24-14(21)22/h1-4,12,19H,5-10H2. The normalized spacial score (nSPS) is 22.0. The molecule has 2 saturated heterocycles. The summed E-state index contributed by atoms with van der Waals surface area (Å²) in [6.45, 7) is 2.31. The van der Waals surface area contributed by atoms with E-state index in [1.807, 2.05) is 4.90 Å². The van der Waals surface area contributed by atoms with Crippen molar-refractivity contribution in [3.05, 3.63) is 24.3 Å². The molecule has 138 valence electrons. The van der Waals surface area contributed by atoms with E-state index in [2.05, 4.69) is 0 Å². The van der Waals surface area contributed by atoms with Crippen molar-refractivity contribution in [2.75, 3.05) is 31.1 Å². The van der Waals surface area contributed by atoms with Gasteiger partial charge in [0.15, 0.2) is 9.73 Å². The van der Waals surface area contributed by atoms with Gasteiger partial charge in [0, 0.05) is 24.8 Å². The molecular formula is C15H18F3N3O3S. The van der Waals surface area contributed by atoms with Crippen LogP contribution < -0.4 is 4.90 Å². The van der Waals surface area contributed by atoms with Crippen molar-refractivity contribution in [3.63, 3.8) is 0 Å². The second kappa shape index (κ2) is 6.40. The molecule has 0 spiro atoms. The molecule has 1 amide bonds. The van der Waals surface area contributed by atoms with Crippen LogP contribution in [0.2, 0.25) is 0 Å². The number of ether oxygens (including phenoxy) is 1. The molecular weight excluding hydrogens is 359 g/mol. The SMILES string of the molecule is N=S(=O)(c1ccc(N2CCC(N3CCOC3=O)CC2)cc1)C(F)(F)F. The molecule has 0 bridgehead atoms. The van der Waals surface area contributed by atoms with Gasteiger partial charge in [-0.15, -0.1) is 0 Å². The van der Waals surface area contributed by atoms with Crippen LogP contribution >= 0.6 is 0 Å². The van der Waals surface area contributed by atoms with Crippen LogP contribution in [0.15, 0.2) is 29.2 Å². The quantitative estimate of drug-likeness (QED) is 0.879. The monoisotopic (exact) mass is 377 g/mol. The molecule has 2 aliphatic heterocycles. The average molecular weight is 377 g/mol. The zero-order chi connectivity index (χ0) is 18.2. The molecule has 10 heteroatoms. The van der Waals surface area contributed by atoms with E-state index in [1.54, 1.807) is 4.90 Å². The fourth-order valence-corrected chi connectivity index (χ4v) is 3.94. The molecule has 2 aliphatic rings. The molecule has 1 atom stereocenters. The van der Waals surface area contributed by atoms with Crippen LogP contribution in [0.1, 0.15) is 12.8 Å². The number of nitrogens with zero attached hydrogens (tertiary/aromatic N) is 2. The van der Waals surface area contributed by atoms with E-state index in [0.717, 1.165) is 25.0 Å². The van der Waals surface area contributed by atoms with E-state index in [9.17, 15) is 22.2 Å². The zero-order valence-electron chi connectivity index (χ0n) is 13.3. The summed E-state index contributed by atoms with van der Waals surface area (Å²) < 4.78 is 61.7. The first kappa shape index (κ1) is 17.8. The van der Waals surface area contributed by atoms with Crippen molar-refractivity contribution in [2.24, 2.45) is 0 Å². The Bertz CT molecular complexity index is 742. The number of nitrogens with one attached hydrogen (secondary N) is 1. The third-order valence-electron chi connectivity index (χ3n) is 4.56. The van der Waals surface area contributed by atoms with Gasteiger partial charge in [0.25, 0.3) is 0 Å². The number of cyclic esters (lactones) is 1. The molecule has 0 aliphatic carbocycles. The van der Waals surface area contributed by atoms with E-state index < -0.39 is 20.1 Å². The second-order valence-corrected chi connectivity index (χ2v) is 8.07. The number of anilines is 1. The van der Waals surface area contributed by atoms with Crippen molar-refractivity contribution >= 4 is 21.5 Å². The highest BCUT2D eigenvalue weighted by Crippen LogP contribution is 2.32. The lowest BCUT2D eigenvalue weighted by Crippen LogP contribution is -2.45. The number of hydrogen-bond acceptors (Lipinski definition) is 5. The van der Waals surface area contributed by atoms with Crippen LogP contribution in [0, 0.1) is 4.78 Å². The van der Waals surface area contributed by atoms with E-state index >= 15 is 0 Å². The minimum Gasteiger partial charge on any atom is -0.448 e. The number of hydrogen-bond donors (Lipinski definition) is 1. The van der Waals surface area contributed by atoms with Crippen molar-refractivity contribution in [1.82, 2.24) is 4.90 Å². The Balaban J connectivity index is 1.65. The summed E-state index contributed by atoms with van der Waals surface area (Å²) in [5, 5.41) is 0. The summed E-state index contributed by atoms with van der Waals surface area (Å²) in [6.07, 6.45) is 1.20. The van der Waals surface area contributed by atoms with Gasteiger partial charge in [0.2, 0.25) is 0 Å². The molecule has 2 fully saturated rings. The summed E-state index contributed by atoms with van der Waals surface area (Å²) in [4.78, 5) is 14.8. The van der Waals surface area contributed by atoms with Gasteiger partial charge in [-0.2, -0.15) is 13.2 Å². The van der Waals surface area contributed by atoms with Gasteiger partial charge in [-0.1, -0.05) is 0 Å². The fourth-order valence-electron chi connectivity index (χ4n) is 3.16. The maximum absolute atomic E-state index is 12.7. The number of carbonyl (C=O) groups excluding carboxylic acids is 1. The number of carbonyl (C=O) groups is 1. The Morgan fingerprint density at radius 2 is 1.72 bits per heavy atom. The fraction of sp³-hybridized carbons (Fsp3) is 0.533. The molecule has 1 aromatic rings. The topological polar surface area (TPSA) is 73.7 Å². The van der Waals surface area contributed by atoms with Crippen LogP contribution in [-0.4, -0.2) is 53.0 Å². The van der Waals surface area contributed by atoms with Crippen LogP contribution in [0.4, 0.5) is 23.7 Å². The Kier molecular flexibility index (Phi) is 4.56. The maximum Gasteiger partial charge on any atom is 0.483 e. The van der Waals surface area contributed by atoms with Crippen LogP contribution in [-0.2, 0) is 14.5 Å². The number of amides is 1. The number of piperidine rings is 1. The molecule has 3 rings (SSSR count). The summed E-state index contributed by atoms with van der Waals surface area (Å²) in [5.41, 5.74) is -4.37. The molecule has 6 nitrogen and oxygen atoms in total. The molecule has 0 saturated carbocycles. The summed E-state index contributed by atoms with van der Waals surface area (Å²) >= 11 is 0. The molecule has 1 unspecified atom stereocenters. The molecule has 0 aromatic heterocycles. The van der Waals surface area contributed by atoms with Crippen LogP contribution in [0.5, 0.6) is 0 Å². The van der Waals surface area contributed by atoms with Crippen molar-refractivity contribution in [2.45, 2.75) is 29.3 Å². The number of halogens is 3. The minimum absolute atomic E-state index is 0.114. The van der Waals surface area contributed by atoms with E-state index in [0.29, 0.717) is 31.9 Å². The van der Waals surface area contributed by atoms with Gasteiger partial charge < -0.3 is 14.5 Å². The molecule has 0 radical (unpaired) electrons. The summed E-state index contributed by atoms with van der Waals surface area (Å²) in [5.74, 6) is 0. The van der Waals surface area contributed by atoms with Crippen LogP contribution in [0.3, 0.4) is 0 Å². The molecule has 1 N–H and O–H groups in total. The first-order chi connectivity index (χ1) is 11.7. The van der Waals surface area contributed by atoms with E-state index in [4.69, 9.17) is 9.52 Å². The van der Waals surface area contributed by atoms with E-state index in [1.165, 1.54) is 12.1 Å². The Labute approximate surface area is 143 Å². The lowest BCUT2D eigenvalue weighted by atomic mass is 10.0. The lowest BCUT2D eigenvalue weighted by molar-refractivity contribution is -0.0406. The summed E-state index contributed by atoms with van der Waals surface area (Å²) in [7, 11) is -4.83. The van der Waals surface area contributed by atoms with Gasteiger partial charge in [-0.05, 0) is 37.1 Å². The van der Waals surface area contributed by atoms with Crippen molar-refractivity contribution < 1.29 is 26.9 Å². The molecule has 25 heavy (non-hydrogen) atoms.